The van der Waals surface area contributed by atoms with Gasteiger partial charge in [-0.3, -0.25) is 14.9 Å². The third kappa shape index (κ3) is 6.37. The molecule has 33 heavy (non-hydrogen) atoms. The van der Waals surface area contributed by atoms with E-state index in [0.29, 0.717) is 15.6 Å². The van der Waals surface area contributed by atoms with Gasteiger partial charge in [0.25, 0.3) is 5.69 Å². The smallest absolute Gasteiger partial charge is 0.341 e. The van der Waals surface area contributed by atoms with Crippen molar-refractivity contribution in [2.24, 2.45) is 0 Å². The minimum absolute atomic E-state index is 0.136. The first kappa shape index (κ1) is 23.4. The molecule has 0 fully saturated rings. The first-order valence-corrected chi connectivity index (χ1v) is 10.2. The van der Waals surface area contributed by atoms with Crippen LogP contribution in [-0.2, 0) is 4.79 Å². The number of hydrogen-bond acceptors (Lipinski definition) is 9. The predicted molar refractivity (Wildman–Crippen MR) is 119 cm³/mol. The Labute approximate surface area is 192 Å². The van der Waals surface area contributed by atoms with Gasteiger partial charge in [0, 0.05) is 24.0 Å². The van der Waals surface area contributed by atoms with Gasteiger partial charge in [0.05, 0.1) is 16.9 Å². The van der Waals surface area contributed by atoms with E-state index in [0.717, 1.165) is 11.8 Å². The highest BCUT2D eigenvalue weighted by atomic mass is 32.2. The number of carboxylic acid groups (broad SMARTS) is 1. The summed E-state index contributed by atoms with van der Waals surface area (Å²) in [5, 5.41) is 20.6. The van der Waals surface area contributed by atoms with Gasteiger partial charge in [0.15, 0.2) is 29.0 Å². The maximum Gasteiger partial charge on any atom is 0.341 e. The van der Waals surface area contributed by atoms with Crippen LogP contribution in [0.5, 0.6) is 11.5 Å². The highest BCUT2D eigenvalue weighted by Crippen LogP contribution is 2.34. The summed E-state index contributed by atoms with van der Waals surface area (Å²) in [4.78, 5) is 42.7. The molecule has 1 heterocycles. The van der Waals surface area contributed by atoms with Gasteiger partial charge in [0.2, 0.25) is 0 Å². The number of aromatic nitrogens is 2. The van der Waals surface area contributed by atoms with Crippen LogP contribution in [0.1, 0.15) is 15.9 Å². The van der Waals surface area contributed by atoms with Crippen molar-refractivity contribution in [2.45, 2.75) is 10.1 Å². The van der Waals surface area contributed by atoms with Crippen molar-refractivity contribution < 1.29 is 29.1 Å². The quantitative estimate of drug-likeness (QED) is 0.153. The Kier molecular flexibility index (Phi) is 7.71. The van der Waals surface area contributed by atoms with Gasteiger partial charge in [-0.05, 0) is 53.7 Å². The number of aliphatic carboxylic acids is 1. The molecule has 0 amide bonds. The number of rotatable bonds is 10. The minimum atomic E-state index is -1.14. The molecule has 0 saturated heterocycles. The van der Waals surface area contributed by atoms with Crippen LogP contribution in [0.2, 0.25) is 0 Å². The van der Waals surface area contributed by atoms with Crippen LogP contribution >= 0.6 is 11.8 Å². The van der Waals surface area contributed by atoms with Crippen molar-refractivity contribution in [3.8, 4) is 11.5 Å². The van der Waals surface area contributed by atoms with Crippen LogP contribution in [0.15, 0.2) is 71.0 Å². The van der Waals surface area contributed by atoms with Crippen LogP contribution in [0, 0.1) is 10.1 Å². The fraction of sp³-hybridized carbons (Fsp3) is 0.0909. The molecule has 10 nitrogen and oxygen atoms in total. The number of nitrogens with zero attached hydrogens (tertiary/aromatic N) is 3. The Morgan fingerprint density at radius 2 is 1.91 bits per heavy atom. The van der Waals surface area contributed by atoms with Crippen LogP contribution in [0.25, 0.3) is 6.08 Å². The minimum Gasteiger partial charge on any atom is -0.493 e. The second-order valence-corrected chi connectivity index (χ2v) is 7.37. The summed E-state index contributed by atoms with van der Waals surface area (Å²) < 4.78 is 10.3. The maximum atomic E-state index is 12.6. The van der Waals surface area contributed by atoms with Crippen LogP contribution in [0.4, 0.5) is 5.69 Å². The van der Waals surface area contributed by atoms with Crippen molar-refractivity contribution in [3.05, 3.63) is 82.2 Å². The zero-order valence-electron chi connectivity index (χ0n) is 17.2. The Balaban J connectivity index is 1.78. The summed E-state index contributed by atoms with van der Waals surface area (Å²) in [7, 11) is 1.37. The van der Waals surface area contributed by atoms with E-state index in [9.17, 15) is 19.7 Å². The molecule has 0 atom stereocenters. The van der Waals surface area contributed by atoms with E-state index < -0.39 is 17.5 Å². The van der Waals surface area contributed by atoms with E-state index in [1.165, 1.54) is 43.5 Å². The molecule has 0 aliphatic carbocycles. The summed E-state index contributed by atoms with van der Waals surface area (Å²) >= 11 is 1.07. The normalized spacial score (nSPS) is 10.7. The zero-order valence-corrected chi connectivity index (χ0v) is 18.0. The van der Waals surface area contributed by atoms with Gasteiger partial charge >= 0.3 is 5.97 Å². The number of benzene rings is 2. The van der Waals surface area contributed by atoms with Gasteiger partial charge in [-0.15, -0.1) is 0 Å². The number of nitro groups is 1. The number of methoxy groups -OCH3 is 1. The third-order valence-electron chi connectivity index (χ3n) is 4.15. The number of allylic oxidation sites excluding steroid dienone is 1. The molecular weight excluding hydrogens is 450 g/mol. The average molecular weight is 467 g/mol. The number of ether oxygens (including phenoxy) is 2. The highest BCUT2D eigenvalue weighted by Gasteiger charge is 2.17. The summed E-state index contributed by atoms with van der Waals surface area (Å²) in [6, 6.07) is 10.5. The third-order valence-corrected chi connectivity index (χ3v) is 5.11. The summed E-state index contributed by atoms with van der Waals surface area (Å²) in [5.74, 6) is -1.13. The van der Waals surface area contributed by atoms with Crippen molar-refractivity contribution in [1.82, 2.24) is 9.97 Å². The van der Waals surface area contributed by atoms with Crippen LogP contribution in [0.3, 0.4) is 0 Å². The van der Waals surface area contributed by atoms with Gasteiger partial charge in [-0.2, -0.15) is 0 Å². The average Bonchev–Trinajstić information content (AvgIpc) is 2.82. The molecular formula is C22H17N3O7S. The first-order valence-electron chi connectivity index (χ1n) is 9.35. The standard InChI is InChI=1S/C22H17N3O7S/c1-31-19-12-15(5-7-18(19)32-13-21(27)28)17(26)6-3-14-4-8-20(16(11-14)25(29)30)33-22-23-9-2-10-24-22/h2-12H,13H2,1H3,(H,27,28). The number of ketones is 1. The molecule has 1 aromatic heterocycles. The Bertz CT molecular complexity index is 1220. The summed E-state index contributed by atoms with van der Waals surface area (Å²) in [5.41, 5.74) is 0.596. The number of carbonyl (C=O) groups is 2. The number of carbonyl (C=O) groups excluding carboxylic acids is 1. The summed E-state index contributed by atoms with van der Waals surface area (Å²) in [6.07, 6.45) is 5.83. The Morgan fingerprint density at radius 3 is 2.58 bits per heavy atom. The molecule has 0 unspecified atom stereocenters. The SMILES string of the molecule is COc1cc(C(=O)C=Cc2ccc(Sc3ncccn3)c([N+](=O)[O-])c2)ccc1OCC(=O)O. The van der Waals surface area contributed by atoms with Crippen molar-refractivity contribution in [1.29, 1.82) is 0 Å². The number of carboxylic acids is 1. The van der Waals surface area contributed by atoms with E-state index in [-0.39, 0.29) is 28.5 Å². The van der Waals surface area contributed by atoms with E-state index in [2.05, 4.69) is 9.97 Å². The number of hydrogen-bond donors (Lipinski definition) is 1. The second kappa shape index (κ2) is 10.9. The Hall–Kier alpha value is -4.25. The lowest BCUT2D eigenvalue weighted by Crippen LogP contribution is -2.10. The highest BCUT2D eigenvalue weighted by molar-refractivity contribution is 7.99. The van der Waals surface area contributed by atoms with E-state index in [4.69, 9.17) is 14.6 Å². The maximum absolute atomic E-state index is 12.6. The molecule has 1 N–H and O–H groups in total. The van der Waals surface area contributed by atoms with Gasteiger partial charge in [0.1, 0.15) is 0 Å². The van der Waals surface area contributed by atoms with Crippen molar-refractivity contribution in [2.75, 3.05) is 13.7 Å². The molecule has 3 aromatic rings. The molecule has 11 heteroatoms. The topological polar surface area (TPSA) is 142 Å². The van der Waals surface area contributed by atoms with Crippen LogP contribution in [-0.4, -0.2) is 45.5 Å². The lowest BCUT2D eigenvalue weighted by molar-refractivity contribution is -0.387. The Morgan fingerprint density at radius 1 is 1.15 bits per heavy atom. The molecule has 3 rings (SSSR count). The largest absolute Gasteiger partial charge is 0.493 e. The molecule has 2 aromatic carbocycles. The van der Waals surface area contributed by atoms with Gasteiger partial charge < -0.3 is 14.6 Å². The van der Waals surface area contributed by atoms with Crippen LogP contribution < -0.4 is 9.47 Å². The van der Waals surface area contributed by atoms with E-state index in [1.54, 1.807) is 30.6 Å². The zero-order chi connectivity index (χ0) is 23.8. The summed E-state index contributed by atoms with van der Waals surface area (Å²) in [6.45, 7) is -0.549. The van der Waals surface area contributed by atoms with E-state index in [1.807, 2.05) is 0 Å². The van der Waals surface area contributed by atoms with Gasteiger partial charge in [-0.25, -0.2) is 14.8 Å². The molecule has 168 valence electrons. The molecule has 0 saturated carbocycles. The monoisotopic (exact) mass is 467 g/mol. The second-order valence-electron chi connectivity index (χ2n) is 6.36. The fourth-order valence-electron chi connectivity index (χ4n) is 2.65. The first-order chi connectivity index (χ1) is 15.9. The van der Waals surface area contributed by atoms with E-state index >= 15 is 0 Å². The number of nitro benzene ring substituents is 1. The van der Waals surface area contributed by atoms with Gasteiger partial charge in [-0.1, -0.05) is 12.1 Å². The van der Waals surface area contributed by atoms with Crippen molar-refractivity contribution >= 4 is 35.3 Å². The lowest BCUT2D eigenvalue weighted by atomic mass is 10.1. The van der Waals surface area contributed by atoms with Crippen molar-refractivity contribution in [3.63, 3.8) is 0 Å². The molecule has 0 aliphatic rings. The predicted octanol–water partition coefficient (Wildman–Crippen LogP) is 3.90. The molecule has 0 aliphatic heterocycles. The fourth-order valence-corrected chi connectivity index (χ4v) is 3.45. The lowest BCUT2D eigenvalue weighted by Gasteiger charge is -2.10. The molecule has 0 radical (unpaired) electrons. The molecule has 0 bridgehead atoms. The molecule has 0 spiro atoms.